The lowest BCUT2D eigenvalue weighted by atomic mass is 9.95. The molecule has 3 atom stereocenters. The van der Waals surface area contributed by atoms with Gasteiger partial charge in [-0.25, -0.2) is 0 Å². The highest BCUT2D eigenvalue weighted by atomic mass is 32.2. The third-order valence-corrected chi connectivity index (χ3v) is 7.12. The second-order valence-electron chi connectivity index (χ2n) is 6.66. The molecule has 0 aliphatic carbocycles. The van der Waals surface area contributed by atoms with Crippen LogP contribution in [0.1, 0.15) is 46.2 Å². The lowest BCUT2D eigenvalue weighted by molar-refractivity contribution is 0.0934. The zero-order chi connectivity index (χ0) is 17.4. The maximum absolute atomic E-state index is 12.5. The molecule has 1 aromatic heterocycles. The van der Waals surface area contributed by atoms with E-state index in [9.17, 15) is 9.59 Å². The number of benzene rings is 1. The van der Waals surface area contributed by atoms with Gasteiger partial charge in [0.15, 0.2) is 5.78 Å². The quantitative estimate of drug-likeness (QED) is 0.786. The van der Waals surface area contributed by atoms with Crippen LogP contribution in [-0.4, -0.2) is 29.8 Å². The summed E-state index contributed by atoms with van der Waals surface area (Å²) >= 11 is 3.13. The summed E-state index contributed by atoms with van der Waals surface area (Å²) in [5.74, 6) is 0.102. The number of carbonyl (C=O) groups excluding carboxylic acids is 2. The van der Waals surface area contributed by atoms with Gasteiger partial charge in [-0.05, 0) is 50.5 Å². The van der Waals surface area contributed by atoms with Gasteiger partial charge in [-0.3, -0.25) is 9.59 Å². The second-order valence-corrected chi connectivity index (χ2v) is 9.12. The number of hydrogen-bond donors (Lipinski definition) is 2. The first kappa shape index (κ1) is 16.8. The lowest BCUT2D eigenvalue weighted by Gasteiger charge is -2.20. The monoisotopic (exact) mass is 372 g/mol. The first-order valence-electron chi connectivity index (χ1n) is 8.54. The van der Waals surface area contributed by atoms with Crippen LogP contribution in [0.2, 0.25) is 0 Å². The van der Waals surface area contributed by atoms with Crippen LogP contribution in [-0.2, 0) is 0 Å². The maximum atomic E-state index is 12.5. The Bertz CT molecular complexity index is 800. The molecule has 2 aromatic rings. The van der Waals surface area contributed by atoms with Crippen molar-refractivity contribution >= 4 is 34.8 Å². The molecule has 4 rings (SSSR count). The normalized spacial score (nSPS) is 24.4. The van der Waals surface area contributed by atoms with Crippen molar-refractivity contribution in [2.24, 2.45) is 0 Å². The van der Waals surface area contributed by atoms with Gasteiger partial charge in [0, 0.05) is 28.6 Å². The predicted octanol–water partition coefficient (Wildman–Crippen LogP) is 3.72. The highest BCUT2D eigenvalue weighted by Crippen LogP contribution is 2.34. The molecule has 3 heterocycles. The molecule has 1 amide bonds. The molecule has 4 nitrogen and oxygen atoms in total. The van der Waals surface area contributed by atoms with Gasteiger partial charge in [0.1, 0.15) is 0 Å². The summed E-state index contributed by atoms with van der Waals surface area (Å²) < 4.78 is 1.08. The Morgan fingerprint density at radius 3 is 2.60 bits per heavy atom. The van der Waals surface area contributed by atoms with Gasteiger partial charge >= 0.3 is 0 Å². The summed E-state index contributed by atoms with van der Waals surface area (Å²) in [7, 11) is 0. The molecule has 0 saturated carbocycles. The van der Waals surface area contributed by atoms with Crippen molar-refractivity contribution in [3.63, 3.8) is 0 Å². The third-order valence-electron chi connectivity index (χ3n) is 4.90. The molecule has 25 heavy (non-hydrogen) atoms. The minimum atomic E-state index is 0.0307. The van der Waals surface area contributed by atoms with Crippen LogP contribution in [0.4, 0.5) is 0 Å². The Balaban J connectivity index is 1.38. The molecular formula is C19H20N2O2S2. The van der Waals surface area contributed by atoms with Crippen LogP contribution in [0.3, 0.4) is 0 Å². The van der Waals surface area contributed by atoms with Crippen LogP contribution in [0.5, 0.6) is 0 Å². The van der Waals surface area contributed by atoms with E-state index in [2.05, 4.69) is 10.6 Å². The first-order chi connectivity index (χ1) is 12.1. The minimum absolute atomic E-state index is 0.0307. The predicted molar refractivity (Wildman–Crippen MR) is 101 cm³/mol. The summed E-state index contributed by atoms with van der Waals surface area (Å²) in [6.07, 6.45) is 3.45. The van der Waals surface area contributed by atoms with Crippen molar-refractivity contribution in [2.45, 2.75) is 53.4 Å². The van der Waals surface area contributed by atoms with Crippen molar-refractivity contribution in [3.8, 4) is 0 Å². The van der Waals surface area contributed by atoms with E-state index in [1.54, 1.807) is 18.7 Å². The van der Waals surface area contributed by atoms with Crippen LogP contribution >= 0.6 is 23.1 Å². The number of amides is 1. The van der Waals surface area contributed by atoms with Gasteiger partial charge in [0.25, 0.3) is 5.91 Å². The smallest absolute Gasteiger partial charge is 0.261 e. The fraction of sp³-hybridized carbons (Fsp3) is 0.368. The molecule has 0 radical (unpaired) electrons. The Kier molecular flexibility index (Phi) is 4.67. The molecular weight excluding hydrogens is 352 g/mol. The van der Waals surface area contributed by atoms with Gasteiger partial charge < -0.3 is 10.6 Å². The standard InChI is InChI=1S/C19H20N2O2S2/c1-11(22)12-2-5-14(6-3-12)24-18-9-8-17(25-18)19(23)21-16-10-13-4-7-15(16)20-13/h2-3,5-6,8-9,13,15-16,20H,4,7,10H2,1H3,(H,21,23)/t13-,15+,16-/m1/s1. The fourth-order valence-corrected chi connectivity index (χ4v) is 5.60. The molecule has 2 bridgehead atoms. The van der Waals surface area contributed by atoms with E-state index < -0.39 is 0 Å². The Morgan fingerprint density at radius 2 is 1.96 bits per heavy atom. The highest BCUT2D eigenvalue weighted by molar-refractivity contribution is 8.01. The molecule has 2 aliphatic rings. The Hall–Kier alpha value is -1.63. The largest absolute Gasteiger partial charge is 0.347 e. The molecule has 1 aromatic carbocycles. The first-order valence-corrected chi connectivity index (χ1v) is 10.2. The van der Waals surface area contributed by atoms with Crippen LogP contribution in [0.15, 0.2) is 45.5 Å². The number of rotatable bonds is 5. The van der Waals surface area contributed by atoms with E-state index >= 15 is 0 Å². The van der Waals surface area contributed by atoms with Crippen molar-refractivity contribution in [1.29, 1.82) is 0 Å². The van der Waals surface area contributed by atoms with Gasteiger partial charge in [0.05, 0.1) is 9.09 Å². The second kappa shape index (κ2) is 6.94. The van der Waals surface area contributed by atoms with Crippen molar-refractivity contribution < 1.29 is 9.59 Å². The number of ketones is 1. The molecule has 130 valence electrons. The Morgan fingerprint density at radius 1 is 1.16 bits per heavy atom. The SMILES string of the molecule is CC(=O)c1ccc(Sc2ccc(C(=O)N[C@@H]3C[C@H]4CC[C@@H]3N4)s2)cc1. The summed E-state index contributed by atoms with van der Waals surface area (Å²) in [5, 5.41) is 6.73. The maximum Gasteiger partial charge on any atom is 0.261 e. The van der Waals surface area contributed by atoms with E-state index in [0.717, 1.165) is 32.4 Å². The number of fused-ring (bicyclic) bond motifs is 2. The number of Topliss-reactive ketones (excluding diaryl/α,β-unsaturated/α-hetero) is 1. The average Bonchev–Trinajstić information content (AvgIpc) is 3.32. The van der Waals surface area contributed by atoms with E-state index in [1.807, 2.05) is 36.4 Å². The Labute approximate surface area is 155 Å². The topological polar surface area (TPSA) is 58.2 Å². The molecule has 0 spiro atoms. The van der Waals surface area contributed by atoms with Crippen LogP contribution < -0.4 is 10.6 Å². The van der Waals surface area contributed by atoms with E-state index in [1.165, 1.54) is 17.8 Å². The average molecular weight is 373 g/mol. The van der Waals surface area contributed by atoms with E-state index in [4.69, 9.17) is 0 Å². The number of hydrogen-bond acceptors (Lipinski definition) is 5. The number of thiophene rings is 1. The fourth-order valence-electron chi connectivity index (χ4n) is 3.59. The van der Waals surface area contributed by atoms with E-state index in [-0.39, 0.29) is 17.7 Å². The molecule has 2 aliphatic heterocycles. The molecule has 0 unspecified atom stereocenters. The van der Waals surface area contributed by atoms with Gasteiger partial charge in [0.2, 0.25) is 0 Å². The van der Waals surface area contributed by atoms with Gasteiger partial charge in [-0.1, -0.05) is 23.9 Å². The van der Waals surface area contributed by atoms with Crippen molar-refractivity contribution in [2.75, 3.05) is 0 Å². The summed E-state index contributed by atoms with van der Waals surface area (Å²) in [6, 6.07) is 12.8. The van der Waals surface area contributed by atoms with E-state index in [0.29, 0.717) is 12.1 Å². The van der Waals surface area contributed by atoms with Gasteiger partial charge in [-0.2, -0.15) is 0 Å². The molecule has 2 saturated heterocycles. The highest BCUT2D eigenvalue weighted by Gasteiger charge is 2.39. The summed E-state index contributed by atoms with van der Waals surface area (Å²) in [4.78, 5) is 25.6. The molecule has 2 fully saturated rings. The van der Waals surface area contributed by atoms with Crippen molar-refractivity contribution in [3.05, 3.63) is 46.8 Å². The molecule has 6 heteroatoms. The summed E-state index contributed by atoms with van der Waals surface area (Å²) in [5.41, 5.74) is 0.718. The third kappa shape index (κ3) is 3.66. The molecule has 2 N–H and O–H groups in total. The number of carbonyl (C=O) groups is 2. The number of nitrogens with one attached hydrogen (secondary N) is 2. The van der Waals surface area contributed by atoms with Crippen molar-refractivity contribution in [1.82, 2.24) is 10.6 Å². The zero-order valence-corrected chi connectivity index (χ0v) is 15.6. The zero-order valence-electron chi connectivity index (χ0n) is 14.0. The summed E-state index contributed by atoms with van der Waals surface area (Å²) in [6.45, 7) is 1.57. The lowest BCUT2D eigenvalue weighted by Crippen LogP contribution is -2.42. The minimum Gasteiger partial charge on any atom is -0.347 e. The van der Waals surface area contributed by atoms with Crippen LogP contribution in [0.25, 0.3) is 0 Å². The van der Waals surface area contributed by atoms with Crippen LogP contribution in [0, 0.1) is 0 Å². The van der Waals surface area contributed by atoms with Gasteiger partial charge in [-0.15, -0.1) is 11.3 Å².